The lowest BCUT2D eigenvalue weighted by Gasteiger charge is -2.07. The van der Waals surface area contributed by atoms with Crippen molar-refractivity contribution in [1.82, 2.24) is 0 Å². The van der Waals surface area contributed by atoms with E-state index in [2.05, 4.69) is 0 Å². The van der Waals surface area contributed by atoms with Gasteiger partial charge in [0, 0.05) is 5.02 Å². The summed E-state index contributed by atoms with van der Waals surface area (Å²) in [5, 5.41) is 9.19. The fourth-order valence-electron chi connectivity index (χ4n) is 1.70. The summed E-state index contributed by atoms with van der Waals surface area (Å²) in [7, 11) is -3.72. The number of carboxylic acid groups (broad SMARTS) is 1. The molecule has 0 saturated heterocycles. The molecule has 4 nitrogen and oxygen atoms in total. The third-order valence-electron chi connectivity index (χ3n) is 2.67. The van der Waals surface area contributed by atoms with E-state index < -0.39 is 21.7 Å². The van der Waals surface area contributed by atoms with Crippen LogP contribution in [0, 0.1) is 5.92 Å². The maximum Gasteiger partial charge on any atom is 0.311 e. The molecule has 0 saturated carbocycles. The standard InChI is InChI=1S/C11H9ClO4S/c1-6(11(13)14)9-4-7-2-3-8(12)5-10(7)17(9,15)16/h2-6H,1H3,(H,13,14). The second-order valence-corrected chi connectivity index (χ2v) is 6.15. The Hall–Kier alpha value is -1.33. The Bertz CT molecular complexity index is 631. The maximum absolute atomic E-state index is 12.1. The number of carboxylic acids is 1. The molecule has 0 aliphatic carbocycles. The molecule has 1 aliphatic heterocycles. The highest BCUT2D eigenvalue weighted by Gasteiger charge is 2.35. The van der Waals surface area contributed by atoms with Crippen molar-refractivity contribution in [3.8, 4) is 0 Å². The summed E-state index contributed by atoms with van der Waals surface area (Å²) in [4.78, 5) is 10.8. The van der Waals surface area contributed by atoms with Crippen LogP contribution < -0.4 is 0 Å². The van der Waals surface area contributed by atoms with Gasteiger partial charge in [-0.05, 0) is 30.7 Å². The summed E-state index contributed by atoms with van der Waals surface area (Å²) in [6.45, 7) is 1.35. The Morgan fingerprint density at radius 1 is 1.41 bits per heavy atom. The first-order valence-electron chi connectivity index (χ1n) is 4.83. The van der Waals surface area contributed by atoms with E-state index in [4.69, 9.17) is 16.7 Å². The topological polar surface area (TPSA) is 71.4 Å². The third-order valence-corrected chi connectivity index (χ3v) is 4.93. The summed E-state index contributed by atoms with van der Waals surface area (Å²) >= 11 is 5.74. The summed E-state index contributed by atoms with van der Waals surface area (Å²) in [6.07, 6.45) is 1.39. The molecule has 90 valence electrons. The molecule has 1 unspecified atom stereocenters. The number of halogens is 1. The summed E-state index contributed by atoms with van der Waals surface area (Å²) in [5.41, 5.74) is 0.484. The van der Waals surface area contributed by atoms with Crippen molar-refractivity contribution in [3.63, 3.8) is 0 Å². The smallest absolute Gasteiger partial charge is 0.311 e. The molecule has 1 atom stereocenters. The predicted molar refractivity (Wildman–Crippen MR) is 63.4 cm³/mol. The van der Waals surface area contributed by atoms with Crippen molar-refractivity contribution in [2.45, 2.75) is 11.8 Å². The molecule has 1 aromatic carbocycles. The van der Waals surface area contributed by atoms with E-state index in [9.17, 15) is 13.2 Å². The Balaban J connectivity index is 2.61. The largest absolute Gasteiger partial charge is 0.481 e. The molecule has 17 heavy (non-hydrogen) atoms. The van der Waals surface area contributed by atoms with Gasteiger partial charge >= 0.3 is 5.97 Å². The van der Waals surface area contributed by atoms with Crippen LogP contribution >= 0.6 is 11.6 Å². The molecule has 2 rings (SSSR count). The van der Waals surface area contributed by atoms with Crippen molar-refractivity contribution in [2.24, 2.45) is 5.92 Å². The number of rotatable bonds is 2. The monoisotopic (exact) mass is 272 g/mol. The van der Waals surface area contributed by atoms with Gasteiger partial charge in [0.2, 0.25) is 9.84 Å². The quantitative estimate of drug-likeness (QED) is 0.896. The normalized spacial score (nSPS) is 18.4. The van der Waals surface area contributed by atoms with Crippen LogP contribution in [0.3, 0.4) is 0 Å². The SMILES string of the molecule is CC(C(=O)O)C1=Cc2ccc(Cl)cc2S1(=O)=O. The molecule has 1 aromatic rings. The van der Waals surface area contributed by atoms with Gasteiger partial charge in [-0.15, -0.1) is 0 Å². The minimum atomic E-state index is -3.72. The Labute approximate surface area is 103 Å². The average Bonchev–Trinajstić information content (AvgIpc) is 2.50. The van der Waals surface area contributed by atoms with Crippen molar-refractivity contribution in [3.05, 3.63) is 33.7 Å². The second-order valence-electron chi connectivity index (χ2n) is 3.79. The van der Waals surface area contributed by atoms with Gasteiger partial charge in [-0.2, -0.15) is 0 Å². The Kier molecular flexibility index (Phi) is 2.75. The highest BCUT2D eigenvalue weighted by atomic mass is 35.5. The van der Waals surface area contributed by atoms with E-state index in [0.29, 0.717) is 10.6 Å². The number of hydrogen-bond donors (Lipinski definition) is 1. The number of fused-ring (bicyclic) bond motifs is 1. The van der Waals surface area contributed by atoms with Gasteiger partial charge in [-0.3, -0.25) is 4.79 Å². The van der Waals surface area contributed by atoms with Crippen LogP contribution in [-0.2, 0) is 14.6 Å². The number of benzene rings is 1. The third kappa shape index (κ3) is 1.85. The van der Waals surface area contributed by atoms with Crippen LogP contribution in [0.15, 0.2) is 28.0 Å². The van der Waals surface area contributed by atoms with Crippen molar-refractivity contribution in [1.29, 1.82) is 0 Å². The first kappa shape index (κ1) is 12.1. The predicted octanol–water partition coefficient (Wildman–Crippen LogP) is 2.19. The maximum atomic E-state index is 12.1. The molecule has 0 radical (unpaired) electrons. The summed E-state index contributed by atoms with van der Waals surface area (Å²) in [5.74, 6) is -2.23. The van der Waals surface area contributed by atoms with Crippen LogP contribution in [0.2, 0.25) is 5.02 Å². The van der Waals surface area contributed by atoms with Gasteiger partial charge < -0.3 is 5.11 Å². The molecule has 1 N–H and O–H groups in total. The molecule has 1 aliphatic rings. The van der Waals surface area contributed by atoms with Gasteiger partial charge in [0.1, 0.15) is 0 Å². The van der Waals surface area contributed by atoms with Crippen LogP contribution in [0.1, 0.15) is 12.5 Å². The lowest BCUT2D eigenvalue weighted by molar-refractivity contribution is -0.139. The zero-order valence-corrected chi connectivity index (χ0v) is 10.4. The van der Waals surface area contributed by atoms with E-state index in [1.165, 1.54) is 19.1 Å². The fourth-order valence-corrected chi connectivity index (χ4v) is 3.76. The van der Waals surface area contributed by atoms with Crippen LogP contribution in [0.5, 0.6) is 0 Å². The molecule has 0 aromatic heterocycles. The number of sulfone groups is 1. The molecule has 1 heterocycles. The highest BCUT2D eigenvalue weighted by molar-refractivity contribution is 7.95. The van der Waals surface area contributed by atoms with Gasteiger partial charge in [0.25, 0.3) is 0 Å². The molecule has 0 bridgehead atoms. The van der Waals surface area contributed by atoms with E-state index in [0.717, 1.165) is 0 Å². The number of aliphatic carboxylic acids is 1. The fraction of sp³-hybridized carbons (Fsp3) is 0.182. The van der Waals surface area contributed by atoms with Gasteiger partial charge in [0.05, 0.1) is 15.7 Å². The van der Waals surface area contributed by atoms with Crippen molar-refractivity contribution in [2.75, 3.05) is 0 Å². The molecule has 0 fully saturated rings. The minimum Gasteiger partial charge on any atom is -0.481 e. The molecular formula is C11H9ClO4S. The van der Waals surface area contributed by atoms with Gasteiger partial charge in [-0.1, -0.05) is 17.7 Å². The number of hydrogen-bond acceptors (Lipinski definition) is 3. The zero-order valence-electron chi connectivity index (χ0n) is 8.84. The van der Waals surface area contributed by atoms with E-state index in [1.807, 2.05) is 0 Å². The van der Waals surface area contributed by atoms with Crippen molar-refractivity contribution >= 4 is 33.5 Å². The van der Waals surface area contributed by atoms with E-state index in [-0.39, 0.29) is 9.80 Å². The zero-order chi connectivity index (χ0) is 12.8. The lowest BCUT2D eigenvalue weighted by atomic mass is 10.1. The highest BCUT2D eigenvalue weighted by Crippen LogP contribution is 2.37. The molecule has 6 heteroatoms. The van der Waals surface area contributed by atoms with Gasteiger partial charge in [-0.25, -0.2) is 8.42 Å². The van der Waals surface area contributed by atoms with Crippen LogP contribution in [-0.4, -0.2) is 19.5 Å². The first-order valence-corrected chi connectivity index (χ1v) is 6.69. The molecular weight excluding hydrogens is 264 g/mol. The minimum absolute atomic E-state index is 0.0769. The average molecular weight is 273 g/mol. The van der Waals surface area contributed by atoms with Crippen LogP contribution in [0.25, 0.3) is 6.08 Å². The lowest BCUT2D eigenvalue weighted by Crippen LogP contribution is -2.16. The second kappa shape index (κ2) is 3.85. The Morgan fingerprint density at radius 2 is 2.06 bits per heavy atom. The Morgan fingerprint density at radius 3 is 2.65 bits per heavy atom. The summed E-state index contributed by atoms with van der Waals surface area (Å²) in [6, 6.07) is 4.47. The number of carbonyl (C=O) groups is 1. The molecule has 0 amide bonds. The van der Waals surface area contributed by atoms with Crippen molar-refractivity contribution < 1.29 is 18.3 Å². The first-order chi connectivity index (χ1) is 7.84. The van der Waals surface area contributed by atoms with Crippen LogP contribution in [0.4, 0.5) is 0 Å². The van der Waals surface area contributed by atoms with E-state index in [1.54, 1.807) is 12.1 Å². The van der Waals surface area contributed by atoms with Gasteiger partial charge in [0.15, 0.2) is 0 Å². The van der Waals surface area contributed by atoms with E-state index >= 15 is 0 Å². The summed E-state index contributed by atoms with van der Waals surface area (Å²) < 4.78 is 24.2. The molecule has 0 spiro atoms.